The van der Waals surface area contributed by atoms with Crippen LogP contribution in [0, 0.1) is 0 Å². The molecule has 0 amide bonds. The quantitative estimate of drug-likeness (QED) is 0.266. The predicted octanol–water partition coefficient (Wildman–Crippen LogP) is 5.45. The van der Waals surface area contributed by atoms with E-state index in [4.69, 9.17) is 10.7 Å². The van der Waals surface area contributed by atoms with Gasteiger partial charge in [0.15, 0.2) is 0 Å². The second-order valence-electron chi connectivity index (χ2n) is 8.32. The molecule has 5 nitrogen and oxygen atoms in total. The molecule has 0 saturated carbocycles. The summed E-state index contributed by atoms with van der Waals surface area (Å²) in [7, 11) is 0. The Labute approximate surface area is 218 Å². The van der Waals surface area contributed by atoms with Gasteiger partial charge in [0, 0.05) is 22.9 Å². The summed E-state index contributed by atoms with van der Waals surface area (Å²) in [5.41, 5.74) is 10.9. The Morgan fingerprint density at radius 2 is 1.62 bits per heavy atom. The van der Waals surface area contributed by atoms with Crippen molar-refractivity contribution in [2.75, 3.05) is 13.1 Å². The SMILES string of the molecule is Cl.Cl.Cl.NCCCCCCNCc1c2c(nc3ccccc13)-c1cc3ccccc3c(=O)n1C2. The zero-order valence-electron chi connectivity index (χ0n) is 19.0. The van der Waals surface area contributed by atoms with Gasteiger partial charge in [-0.3, -0.25) is 4.79 Å². The highest BCUT2D eigenvalue weighted by atomic mass is 35.5. The number of para-hydroxylation sites is 1. The lowest BCUT2D eigenvalue weighted by molar-refractivity contribution is 0.589. The van der Waals surface area contributed by atoms with Gasteiger partial charge in [-0.2, -0.15) is 0 Å². The van der Waals surface area contributed by atoms with Crippen LogP contribution in [0.15, 0.2) is 59.4 Å². The van der Waals surface area contributed by atoms with Gasteiger partial charge in [-0.05, 0) is 55.1 Å². The average Bonchev–Trinajstić information content (AvgIpc) is 3.16. The minimum atomic E-state index is 0. The topological polar surface area (TPSA) is 72.9 Å². The molecule has 0 atom stereocenters. The van der Waals surface area contributed by atoms with E-state index in [1.165, 1.54) is 29.4 Å². The molecule has 2 aromatic heterocycles. The molecule has 3 N–H and O–H groups in total. The van der Waals surface area contributed by atoms with Crippen LogP contribution < -0.4 is 16.6 Å². The molecule has 2 aromatic carbocycles. The average molecular weight is 522 g/mol. The number of nitrogens with one attached hydrogen (secondary N) is 1. The fraction of sp³-hybridized carbons (Fsp3) is 0.308. The van der Waals surface area contributed by atoms with E-state index < -0.39 is 0 Å². The van der Waals surface area contributed by atoms with Crippen LogP contribution in [0.25, 0.3) is 33.1 Å². The van der Waals surface area contributed by atoms with Crippen molar-refractivity contribution in [2.24, 2.45) is 5.73 Å². The Bertz CT molecular complexity index is 1320. The molecule has 5 rings (SSSR count). The van der Waals surface area contributed by atoms with E-state index in [1.54, 1.807) is 0 Å². The Balaban J connectivity index is 0.00000136. The minimum Gasteiger partial charge on any atom is -0.330 e. The largest absolute Gasteiger partial charge is 0.330 e. The smallest absolute Gasteiger partial charge is 0.259 e. The van der Waals surface area contributed by atoms with E-state index in [2.05, 4.69) is 29.6 Å². The molecule has 1 aliphatic heterocycles. The first-order chi connectivity index (χ1) is 15.3. The highest BCUT2D eigenvalue weighted by Gasteiger charge is 2.26. The van der Waals surface area contributed by atoms with Crippen molar-refractivity contribution < 1.29 is 0 Å². The van der Waals surface area contributed by atoms with Crippen molar-refractivity contribution in [3.05, 3.63) is 76.1 Å². The molecule has 182 valence electrons. The van der Waals surface area contributed by atoms with Crippen LogP contribution in [0.4, 0.5) is 0 Å². The summed E-state index contributed by atoms with van der Waals surface area (Å²) >= 11 is 0. The molecule has 0 fully saturated rings. The van der Waals surface area contributed by atoms with Crippen molar-refractivity contribution in [3.63, 3.8) is 0 Å². The van der Waals surface area contributed by atoms with Gasteiger partial charge in [-0.15, -0.1) is 37.2 Å². The first-order valence-electron chi connectivity index (χ1n) is 11.2. The molecular weight excluding hydrogens is 491 g/mol. The monoisotopic (exact) mass is 520 g/mol. The molecule has 3 heterocycles. The molecule has 0 spiro atoms. The lowest BCUT2D eigenvalue weighted by atomic mass is 10.00. The van der Waals surface area contributed by atoms with Gasteiger partial charge in [0.05, 0.1) is 23.4 Å². The van der Waals surface area contributed by atoms with Crippen LogP contribution in [0.1, 0.15) is 36.8 Å². The van der Waals surface area contributed by atoms with Crippen LogP contribution >= 0.6 is 37.2 Å². The van der Waals surface area contributed by atoms with E-state index in [0.29, 0.717) is 6.54 Å². The number of pyridine rings is 2. The molecule has 4 aromatic rings. The molecule has 34 heavy (non-hydrogen) atoms. The van der Waals surface area contributed by atoms with Crippen molar-refractivity contribution in [1.82, 2.24) is 14.9 Å². The number of aromatic nitrogens is 2. The van der Waals surface area contributed by atoms with Crippen molar-refractivity contribution in [2.45, 2.75) is 38.8 Å². The molecule has 0 bridgehead atoms. The van der Waals surface area contributed by atoms with Crippen LogP contribution in [0.2, 0.25) is 0 Å². The molecule has 0 unspecified atom stereocenters. The number of nitrogens with two attached hydrogens (primary N) is 1. The van der Waals surface area contributed by atoms with E-state index in [1.807, 2.05) is 34.9 Å². The summed E-state index contributed by atoms with van der Waals surface area (Å²) in [6.07, 6.45) is 4.64. The first-order valence-corrected chi connectivity index (χ1v) is 11.2. The zero-order valence-corrected chi connectivity index (χ0v) is 21.4. The number of hydrogen-bond donors (Lipinski definition) is 2. The molecule has 0 saturated heterocycles. The summed E-state index contributed by atoms with van der Waals surface area (Å²) in [5.74, 6) is 0. The molecule has 8 heteroatoms. The molecule has 0 radical (unpaired) electrons. The van der Waals surface area contributed by atoms with E-state index in [0.717, 1.165) is 60.2 Å². The molecule has 0 aliphatic carbocycles. The van der Waals surface area contributed by atoms with Gasteiger partial charge in [0.1, 0.15) is 0 Å². The number of fused-ring (bicyclic) bond motifs is 5. The number of hydrogen-bond acceptors (Lipinski definition) is 4. The maximum atomic E-state index is 13.2. The van der Waals surface area contributed by atoms with Gasteiger partial charge in [-0.25, -0.2) is 4.98 Å². The van der Waals surface area contributed by atoms with E-state index in [9.17, 15) is 4.79 Å². The Kier molecular flexibility index (Phi) is 10.3. The van der Waals surface area contributed by atoms with Crippen LogP contribution in [-0.4, -0.2) is 22.6 Å². The fourth-order valence-corrected chi connectivity index (χ4v) is 4.67. The maximum Gasteiger partial charge on any atom is 0.259 e. The number of nitrogens with zero attached hydrogens (tertiary/aromatic N) is 2. The minimum absolute atomic E-state index is 0. The summed E-state index contributed by atoms with van der Waals surface area (Å²) in [6.45, 7) is 3.12. The van der Waals surface area contributed by atoms with Crippen LogP contribution in [-0.2, 0) is 13.1 Å². The lowest BCUT2D eigenvalue weighted by Crippen LogP contribution is -2.20. The normalized spacial score (nSPS) is 11.3. The predicted molar refractivity (Wildman–Crippen MR) is 149 cm³/mol. The number of benzene rings is 2. The van der Waals surface area contributed by atoms with Gasteiger partial charge >= 0.3 is 0 Å². The van der Waals surface area contributed by atoms with Crippen LogP contribution in [0.5, 0.6) is 0 Å². The number of rotatable bonds is 8. The number of halogens is 3. The van der Waals surface area contributed by atoms with E-state index >= 15 is 0 Å². The third kappa shape index (κ3) is 5.24. The first kappa shape index (κ1) is 28.1. The second-order valence-corrected chi connectivity index (χ2v) is 8.32. The lowest BCUT2D eigenvalue weighted by Gasteiger charge is -2.13. The Morgan fingerprint density at radius 3 is 2.41 bits per heavy atom. The van der Waals surface area contributed by atoms with Crippen molar-refractivity contribution >= 4 is 58.9 Å². The van der Waals surface area contributed by atoms with Gasteiger partial charge < -0.3 is 15.6 Å². The summed E-state index contributed by atoms with van der Waals surface area (Å²) < 4.78 is 1.88. The molecular formula is C26H31Cl3N4O. The summed E-state index contributed by atoms with van der Waals surface area (Å²) in [6, 6.07) is 18.2. The zero-order chi connectivity index (χ0) is 21.2. The van der Waals surface area contributed by atoms with Crippen molar-refractivity contribution in [3.8, 4) is 11.4 Å². The Morgan fingerprint density at radius 1 is 0.912 bits per heavy atom. The maximum absolute atomic E-state index is 13.2. The standard InChI is InChI=1S/C26H28N4O.3ClH/c27-13-7-1-2-8-14-28-16-21-20-11-5-6-12-23(20)29-25-22(21)17-30-24(25)15-18-9-3-4-10-19(18)26(30)31;;;/h3-6,9-12,15,28H,1-2,7-8,13-14,16-17,27H2;3*1H. The fourth-order valence-electron chi connectivity index (χ4n) is 4.67. The Hall–Kier alpha value is -2.15. The third-order valence-electron chi connectivity index (χ3n) is 6.30. The highest BCUT2D eigenvalue weighted by molar-refractivity contribution is 5.91. The summed E-state index contributed by atoms with van der Waals surface area (Å²) in [4.78, 5) is 18.2. The van der Waals surface area contributed by atoms with Gasteiger partial charge in [0.25, 0.3) is 5.56 Å². The second kappa shape index (κ2) is 12.5. The van der Waals surface area contributed by atoms with Gasteiger partial charge in [0.2, 0.25) is 0 Å². The summed E-state index contributed by atoms with van der Waals surface area (Å²) in [5, 5.41) is 6.53. The third-order valence-corrected chi connectivity index (χ3v) is 6.30. The number of unbranched alkanes of at least 4 members (excludes halogenated alkanes) is 3. The van der Waals surface area contributed by atoms with Crippen molar-refractivity contribution in [1.29, 1.82) is 0 Å². The van der Waals surface area contributed by atoms with Gasteiger partial charge in [-0.1, -0.05) is 49.2 Å². The molecule has 1 aliphatic rings. The van der Waals surface area contributed by atoms with Crippen LogP contribution in [0.3, 0.4) is 0 Å². The van der Waals surface area contributed by atoms with E-state index in [-0.39, 0.29) is 42.8 Å². The highest BCUT2D eigenvalue weighted by Crippen LogP contribution is 2.36.